The second-order valence-electron chi connectivity index (χ2n) is 9.71. The number of carbonyl (C=O) groups excluding carboxylic acids is 2. The molecule has 0 N–H and O–H groups in total. The maximum absolute atomic E-state index is 13.7. The molecule has 1 fully saturated rings. The minimum absolute atomic E-state index is 0.0257. The molecule has 3 aromatic rings. The van der Waals surface area contributed by atoms with Crippen LogP contribution in [0.2, 0.25) is 0 Å². The number of hydrogen-bond donors (Lipinski definition) is 0. The Morgan fingerprint density at radius 2 is 1.75 bits per heavy atom. The van der Waals surface area contributed by atoms with Gasteiger partial charge in [-0.3, -0.25) is 9.59 Å². The van der Waals surface area contributed by atoms with Gasteiger partial charge in [0.25, 0.3) is 0 Å². The van der Waals surface area contributed by atoms with Crippen LogP contribution in [0, 0.1) is 5.92 Å². The van der Waals surface area contributed by atoms with Crippen LogP contribution in [-0.4, -0.2) is 45.9 Å². The fraction of sp³-hybridized carbons (Fsp3) is 0.400. The zero-order chi connectivity index (χ0) is 25.5. The van der Waals surface area contributed by atoms with Gasteiger partial charge in [-0.2, -0.15) is 0 Å². The zero-order valence-corrected chi connectivity index (χ0v) is 21.6. The van der Waals surface area contributed by atoms with Gasteiger partial charge in [-0.05, 0) is 61.6 Å². The fourth-order valence-corrected chi connectivity index (χ4v) is 4.43. The van der Waals surface area contributed by atoms with Crippen molar-refractivity contribution in [3.05, 3.63) is 89.7 Å². The lowest BCUT2D eigenvalue weighted by molar-refractivity contribution is -0.143. The van der Waals surface area contributed by atoms with Crippen molar-refractivity contribution < 1.29 is 14.3 Å². The summed E-state index contributed by atoms with van der Waals surface area (Å²) in [5.74, 6) is 1.02. The molecule has 6 nitrogen and oxygen atoms in total. The highest BCUT2D eigenvalue weighted by Gasteiger charge is 2.36. The molecule has 0 aliphatic heterocycles. The second-order valence-corrected chi connectivity index (χ2v) is 9.71. The summed E-state index contributed by atoms with van der Waals surface area (Å²) in [5.41, 5.74) is 3.25. The van der Waals surface area contributed by atoms with E-state index in [9.17, 15) is 9.59 Å². The van der Waals surface area contributed by atoms with Gasteiger partial charge >= 0.3 is 0 Å². The Bertz CT molecular complexity index is 1150. The largest absolute Gasteiger partial charge is 0.497 e. The lowest BCUT2D eigenvalue weighted by atomic mass is 10.1. The fourth-order valence-electron chi connectivity index (χ4n) is 4.43. The Kier molecular flexibility index (Phi) is 8.47. The zero-order valence-electron chi connectivity index (χ0n) is 21.6. The van der Waals surface area contributed by atoms with Gasteiger partial charge in [0.05, 0.1) is 13.7 Å². The van der Waals surface area contributed by atoms with E-state index in [4.69, 9.17) is 4.74 Å². The highest BCUT2D eigenvalue weighted by atomic mass is 16.5. The van der Waals surface area contributed by atoms with Crippen molar-refractivity contribution in [2.75, 3.05) is 13.7 Å². The normalized spacial score (nSPS) is 13.8. The topological polar surface area (TPSA) is 54.8 Å². The molecule has 4 rings (SSSR count). The van der Waals surface area contributed by atoms with Crippen LogP contribution in [0.3, 0.4) is 0 Å². The molecule has 1 heterocycles. The Labute approximate surface area is 214 Å². The van der Waals surface area contributed by atoms with Crippen molar-refractivity contribution in [1.82, 2.24) is 14.4 Å². The number of amides is 2. The minimum atomic E-state index is -0.0257. The van der Waals surface area contributed by atoms with E-state index in [2.05, 4.69) is 23.6 Å². The Morgan fingerprint density at radius 3 is 2.44 bits per heavy atom. The summed E-state index contributed by atoms with van der Waals surface area (Å²) >= 11 is 0. The maximum Gasteiger partial charge on any atom is 0.242 e. The molecule has 6 heteroatoms. The van der Waals surface area contributed by atoms with E-state index in [-0.39, 0.29) is 30.3 Å². The van der Waals surface area contributed by atoms with Crippen LogP contribution < -0.4 is 4.74 Å². The lowest BCUT2D eigenvalue weighted by Gasteiger charge is -2.31. The SMILES string of the molecule is CCC(C)N(CC(=O)N(Cc1ccccc1)Cc1cccn1Cc1cccc(OC)c1)C(=O)C1CC1. The van der Waals surface area contributed by atoms with Gasteiger partial charge in [-0.1, -0.05) is 49.4 Å². The van der Waals surface area contributed by atoms with Gasteiger partial charge in [-0.15, -0.1) is 0 Å². The number of aromatic nitrogens is 1. The molecule has 1 atom stereocenters. The third kappa shape index (κ3) is 6.56. The molecule has 2 aromatic carbocycles. The molecule has 0 saturated heterocycles. The molecular formula is C30H37N3O3. The van der Waals surface area contributed by atoms with Crippen molar-refractivity contribution in [2.45, 2.75) is 58.8 Å². The van der Waals surface area contributed by atoms with E-state index in [1.165, 1.54) is 0 Å². The number of benzene rings is 2. The van der Waals surface area contributed by atoms with Crippen molar-refractivity contribution in [2.24, 2.45) is 5.92 Å². The summed E-state index contributed by atoms with van der Waals surface area (Å²) in [6.07, 6.45) is 4.74. The summed E-state index contributed by atoms with van der Waals surface area (Å²) in [7, 11) is 1.67. The summed E-state index contributed by atoms with van der Waals surface area (Å²) < 4.78 is 7.55. The number of ether oxygens (including phenoxy) is 1. The van der Waals surface area contributed by atoms with Crippen LogP contribution in [0.5, 0.6) is 5.75 Å². The quantitative estimate of drug-likeness (QED) is 0.357. The predicted molar refractivity (Wildman–Crippen MR) is 141 cm³/mol. The highest BCUT2D eigenvalue weighted by molar-refractivity contribution is 5.87. The van der Waals surface area contributed by atoms with Gasteiger partial charge in [0.1, 0.15) is 12.3 Å². The van der Waals surface area contributed by atoms with Crippen molar-refractivity contribution in [3.63, 3.8) is 0 Å². The standard InChI is InChI=1S/C30H37N3O3/c1-4-23(2)33(30(35)26-15-16-26)22-29(34)32(19-24-10-6-5-7-11-24)21-27-13-9-17-31(27)20-25-12-8-14-28(18-25)36-3/h5-14,17-18,23,26H,4,15-16,19-22H2,1-3H3. The smallest absolute Gasteiger partial charge is 0.242 e. The number of methoxy groups -OCH3 is 1. The average molecular weight is 488 g/mol. The molecule has 1 unspecified atom stereocenters. The summed E-state index contributed by atoms with van der Waals surface area (Å²) in [6, 6.07) is 22.2. The van der Waals surface area contributed by atoms with Crippen molar-refractivity contribution in [1.29, 1.82) is 0 Å². The summed E-state index contributed by atoms with van der Waals surface area (Å²) in [4.78, 5) is 30.4. The number of hydrogen-bond acceptors (Lipinski definition) is 3. The second kappa shape index (κ2) is 11.9. The van der Waals surface area contributed by atoms with Crippen LogP contribution in [-0.2, 0) is 29.2 Å². The molecule has 190 valence electrons. The average Bonchev–Trinajstić information content (AvgIpc) is 3.67. The van der Waals surface area contributed by atoms with E-state index in [1.54, 1.807) is 12.0 Å². The molecule has 1 aliphatic carbocycles. The van der Waals surface area contributed by atoms with Gasteiger partial charge in [0.15, 0.2) is 0 Å². The van der Waals surface area contributed by atoms with E-state index < -0.39 is 0 Å². The van der Waals surface area contributed by atoms with E-state index in [0.717, 1.165) is 41.8 Å². The van der Waals surface area contributed by atoms with Gasteiger partial charge in [0.2, 0.25) is 11.8 Å². The van der Waals surface area contributed by atoms with Crippen LogP contribution in [0.25, 0.3) is 0 Å². The maximum atomic E-state index is 13.7. The monoisotopic (exact) mass is 487 g/mol. The first-order valence-corrected chi connectivity index (χ1v) is 12.9. The van der Waals surface area contributed by atoms with Crippen LogP contribution in [0.15, 0.2) is 72.9 Å². The summed E-state index contributed by atoms with van der Waals surface area (Å²) in [6.45, 7) is 5.87. The van der Waals surface area contributed by atoms with Crippen molar-refractivity contribution in [3.8, 4) is 5.75 Å². The van der Waals surface area contributed by atoms with Crippen molar-refractivity contribution >= 4 is 11.8 Å². The number of nitrogens with zero attached hydrogens (tertiary/aromatic N) is 3. The third-order valence-electron chi connectivity index (χ3n) is 6.97. The molecule has 0 bridgehead atoms. The number of carbonyl (C=O) groups is 2. The first kappa shape index (κ1) is 25.5. The van der Waals surface area contributed by atoms with E-state index >= 15 is 0 Å². The molecule has 1 saturated carbocycles. The number of rotatable bonds is 12. The Balaban J connectivity index is 1.54. The Hall–Kier alpha value is -3.54. The van der Waals surface area contributed by atoms with Gasteiger partial charge in [0, 0.05) is 36.9 Å². The lowest BCUT2D eigenvalue weighted by Crippen LogP contribution is -2.47. The molecule has 0 radical (unpaired) electrons. The molecule has 1 aliphatic rings. The molecule has 1 aromatic heterocycles. The van der Waals surface area contributed by atoms with Crippen LogP contribution >= 0.6 is 0 Å². The van der Waals surface area contributed by atoms with Crippen LogP contribution in [0.1, 0.15) is 49.9 Å². The van der Waals surface area contributed by atoms with E-state index in [1.807, 2.05) is 72.6 Å². The molecular weight excluding hydrogens is 450 g/mol. The first-order chi connectivity index (χ1) is 17.5. The molecule has 2 amide bonds. The van der Waals surface area contributed by atoms with E-state index in [0.29, 0.717) is 19.6 Å². The molecule has 36 heavy (non-hydrogen) atoms. The highest BCUT2D eigenvalue weighted by Crippen LogP contribution is 2.32. The predicted octanol–water partition coefficient (Wildman–Crippen LogP) is 5.11. The minimum Gasteiger partial charge on any atom is -0.497 e. The third-order valence-corrected chi connectivity index (χ3v) is 6.97. The van der Waals surface area contributed by atoms with Crippen LogP contribution in [0.4, 0.5) is 0 Å². The van der Waals surface area contributed by atoms with Gasteiger partial charge < -0.3 is 19.1 Å². The Morgan fingerprint density at radius 1 is 1.00 bits per heavy atom. The summed E-state index contributed by atoms with van der Waals surface area (Å²) in [5, 5.41) is 0. The van der Waals surface area contributed by atoms with Gasteiger partial charge in [-0.25, -0.2) is 0 Å². The molecule has 0 spiro atoms. The first-order valence-electron chi connectivity index (χ1n) is 12.9.